The van der Waals surface area contributed by atoms with E-state index in [1.54, 1.807) is 36.5 Å². The zero-order valence-corrected chi connectivity index (χ0v) is 19.6. The second-order valence-electron chi connectivity index (χ2n) is 9.93. The first-order valence-electron chi connectivity index (χ1n) is 12.5. The Morgan fingerprint density at radius 3 is 2.64 bits per heavy atom. The third-order valence-electron chi connectivity index (χ3n) is 7.83. The highest BCUT2D eigenvalue weighted by atomic mass is 19.1. The third-order valence-corrected chi connectivity index (χ3v) is 7.83. The van der Waals surface area contributed by atoms with Crippen molar-refractivity contribution in [2.45, 2.75) is 55.9 Å². The second kappa shape index (κ2) is 8.81. The summed E-state index contributed by atoms with van der Waals surface area (Å²) in [5, 5.41) is 5.77. The predicted octanol–water partition coefficient (Wildman–Crippen LogP) is 2.96. The lowest BCUT2D eigenvalue weighted by atomic mass is 9.74. The Morgan fingerprint density at radius 1 is 1.08 bits per heavy atom. The molecule has 2 saturated heterocycles. The lowest BCUT2D eigenvalue weighted by Crippen LogP contribution is -2.56. The molecule has 1 saturated carbocycles. The number of anilines is 2. The molecule has 36 heavy (non-hydrogen) atoms. The number of carbonyl (C=O) groups excluding carboxylic acids is 3. The van der Waals surface area contributed by atoms with Gasteiger partial charge in [0.2, 0.25) is 17.7 Å². The number of carbonyl (C=O) groups is 3. The van der Waals surface area contributed by atoms with E-state index in [1.807, 2.05) is 0 Å². The van der Waals surface area contributed by atoms with Gasteiger partial charge in [-0.15, -0.1) is 0 Å². The Hall–Kier alpha value is -3.59. The molecule has 1 aliphatic carbocycles. The van der Waals surface area contributed by atoms with E-state index < -0.39 is 41.3 Å². The number of nitrogens with zero attached hydrogens (tertiary/aromatic N) is 2. The van der Waals surface area contributed by atoms with Crippen molar-refractivity contribution in [1.82, 2.24) is 10.3 Å². The van der Waals surface area contributed by atoms with Gasteiger partial charge in [-0.3, -0.25) is 24.3 Å². The van der Waals surface area contributed by atoms with Gasteiger partial charge in [-0.1, -0.05) is 43.5 Å². The van der Waals surface area contributed by atoms with Gasteiger partial charge in [-0.25, -0.2) is 4.39 Å². The summed E-state index contributed by atoms with van der Waals surface area (Å²) in [6, 6.07) is 8.33. The standard InChI is InChI=1S/C27H27FN4O4/c28-18-10-4-5-11-19(18)31-24(33)21-20-12-13-27(36-20)22(21)26(35)32(17-9-6-14-29-15-17)23(27)25(34)30-16-7-2-1-3-8-16/h4-6,9-16,20-23H,1-3,7-8H2,(H,30,34)(H,31,33)/t20-,21-,22+,23-,27+/m1/s1. The van der Waals surface area contributed by atoms with Gasteiger partial charge in [0.15, 0.2) is 0 Å². The highest BCUT2D eigenvalue weighted by molar-refractivity contribution is 6.11. The minimum Gasteiger partial charge on any atom is -0.359 e. The molecule has 186 valence electrons. The van der Waals surface area contributed by atoms with E-state index in [0.717, 1.165) is 32.1 Å². The molecule has 2 bridgehead atoms. The maximum absolute atomic E-state index is 14.2. The van der Waals surface area contributed by atoms with Crippen LogP contribution < -0.4 is 15.5 Å². The SMILES string of the molecule is O=C(Nc1ccccc1F)[C@H]1[C@H]2C(=O)N(c3cccnc3)[C@H](C(=O)NC3CCCCC3)[C@]23C=C[C@H]1O3. The summed E-state index contributed by atoms with van der Waals surface area (Å²) in [5.74, 6) is -3.61. The van der Waals surface area contributed by atoms with Crippen LogP contribution in [0.3, 0.4) is 0 Å². The number of halogens is 1. The summed E-state index contributed by atoms with van der Waals surface area (Å²) in [6.07, 6.45) is 11.0. The number of hydrogen-bond donors (Lipinski definition) is 2. The van der Waals surface area contributed by atoms with Gasteiger partial charge in [-0.2, -0.15) is 0 Å². The van der Waals surface area contributed by atoms with Crippen molar-refractivity contribution in [3.05, 3.63) is 66.8 Å². The lowest BCUT2D eigenvalue weighted by molar-refractivity contribution is -0.129. The van der Waals surface area contributed by atoms with E-state index in [2.05, 4.69) is 15.6 Å². The molecule has 0 unspecified atom stereocenters. The molecule has 2 N–H and O–H groups in total. The van der Waals surface area contributed by atoms with Crippen LogP contribution in [0.25, 0.3) is 0 Å². The number of pyridine rings is 1. The van der Waals surface area contributed by atoms with Gasteiger partial charge in [-0.05, 0) is 37.1 Å². The topological polar surface area (TPSA) is 101 Å². The van der Waals surface area contributed by atoms with Crippen LogP contribution in [0, 0.1) is 17.7 Å². The molecule has 6 rings (SSSR count). The lowest BCUT2D eigenvalue weighted by Gasteiger charge is -2.34. The van der Waals surface area contributed by atoms with Gasteiger partial charge in [0.05, 0.1) is 35.5 Å². The van der Waals surface area contributed by atoms with Crippen LogP contribution in [0.5, 0.6) is 0 Å². The molecule has 1 aromatic heterocycles. The van der Waals surface area contributed by atoms with Crippen LogP contribution in [0.4, 0.5) is 15.8 Å². The van der Waals surface area contributed by atoms with Crippen LogP contribution >= 0.6 is 0 Å². The zero-order valence-electron chi connectivity index (χ0n) is 19.6. The predicted molar refractivity (Wildman–Crippen MR) is 129 cm³/mol. The van der Waals surface area contributed by atoms with Crippen LogP contribution in [-0.4, -0.2) is 46.5 Å². The van der Waals surface area contributed by atoms with Crippen LogP contribution in [0.1, 0.15) is 32.1 Å². The summed E-state index contributed by atoms with van der Waals surface area (Å²) in [5.41, 5.74) is -0.804. The quantitative estimate of drug-likeness (QED) is 0.628. The first-order chi connectivity index (χ1) is 17.5. The maximum Gasteiger partial charge on any atom is 0.246 e. The Labute approximate surface area is 207 Å². The van der Waals surface area contributed by atoms with Crippen LogP contribution in [0.15, 0.2) is 60.9 Å². The van der Waals surface area contributed by atoms with Crippen molar-refractivity contribution >= 4 is 29.1 Å². The van der Waals surface area contributed by atoms with Crippen LogP contribution in [0.2, 0.25) is 0 Å². The number of nitrogens with one attached hydrogen (secondary N) is 2. The van der Waals surface area contributed by atoms with Gasteiger partial charge >= 0.3 is 0 Å². The highest BCUT2D eigenvalue weighted by Gasteiger charge is 2.73. The maximum atomic E-state index is 14.2. The number of fused-ring (bicyclic) bond motifs is 1. The van der Waals surface area contributed by atoms with Gasteiger partial charge in [0, 0.05) is 12.2 Å². The summed E-state index contributed by atoms with van der Waals surface area (Å²) in [4.78, 5) is 46.7. The molecule has 4 aliphatic rings. The molecule has 3 aliphatic heterocycles. The average molecular weight is 491 g/mol. The fraction of sp³-hybridized carbons (Fsp3) is 0.407. The van der Waals surface area contributed by atoms with Crippen molar-refractivity contribution < 1.29 is 23.5 Å². The fourth-order valence-corrected chi connectivity index (χ4v) is 6.25. The molecule has 8 nitrogen and oxygen atoms in total. The first kappa shape index (κ1) is 22.8. The summed E-state index contributed by atoms with van der Waals surface area (Å²) < 4.78 is 20.6. The van der Waals surface area contributed by atoms with E-state index in [1.165, 1.54) is 29.3 Å². The van der Waals surface area contributed by atoms with Crippen LogP contribution in [-0.2, 0) is 19.1 Å². The number of amides is 3. The number of aromatic nitrogens is 1. The monoisotopic (exact) mass is 490 g/mol. The summed E-state index contributed by atoms with van der Waals surface area (Å²) >= 11 is 0. The molecule has 3 amide bonds. The molecule has 2 aromatic rings. The van der Waals surface area contributed by atoms with E-state index in [4.69, 9.17) is 4.74 Å². The summed E-state index contributed by atoms with van der Waals surface area (Å²) in [7, 11) is 0. The number of benzene rings is 1. The van der Waals surface area contributed by atoms with Gasteiger partial charge < -0.3 is 15.4 Å². The normalized spacial score (nSPS) is 30.9. The Morgan fingerprint density at radius 2 is 1.89 bits per heavy atom. The minimum atomic E-state index is -1.30. The molecule has 9 heteroatoms. The highest BCUT2D eigenvalue weighted by Crippen LogP contribution is 2.56. The number of hydrogen-bond acceptors (Lipinski definition) is 5. The van der Waals surface area contributed by atoms with Gasteiger partial charge in [0.25, 0.3) is 0 Å². The number of ether oxygens (including phenoxy) is 1. The summed E-state index contributed by atoms with van der Waals surface area (Å²) in [6.45, 7) is 0. The average Bonchev–Trinajstić information content (AvgIpc) is 3.54. The first-order valence-corrected chi connectivity index (χ1v) is 12.5. The molecule has 0 radical (unpaired) electrons. The number of rotatable bonds is 5. The Bertz CT molecular complexity index is 1230. The molecule has 4 heterocycles. The molecular formula is C27H27FN4O4. The molecule has 5 atom stereocenters. The zero-order chi connectivity index (χ0) is 24.9. The van der Waals surface area contributed by atoms with Gasteiger partial charge in [0.1, 0.15) is 17.5 Å². The molecule has 1 aromatic carbocycles. The van der Waals surface area contributed by atoms with Crippen molar-refractivity contribution in [2.75, 3.05) is 10.2 Å². The van der Waals surface area contributed by atoms with E-state index in [9.17, 15) is 18.8 Å². The largest absolute Gasteiger partial charge is 0.359 e. The van der Waals surface area contributed by atoms with E-state index >= 15 is 0 Å². The Balaban J connectivity index is 1.36. The van der Waals surface area contributed by atoms with E-state index in [-0.39, 0.29) is 23.5 Å². The molecular weight excluding hydrogens is 463 g/mol. The van der Waals surface area contributed by atoms with Crippen molar-refractivity contribution in [3.8, 4) is 0 Å². The smallest absolute Gasteiger partial charge is 0.246 e. The van der Waals surface area contributed by atoms with E-state index in [0.29, 0.717) is 5.69 Å². The van der Waals surface area contributed by atoms with Crippen molar-refractivity contribution in [1.29, 1.82) is 0 Å². The molecule has 1 spiro atoms. The fourth-order valence-electron chi connectivity index (χ4n) is 6.25. The second-order valence-corrected chi connectivity index (χ2v) is 9.93. The van der Waals surface area contributed by atoms with Crippen molar-refractivity contribution in [2.24, 2.45) is 11.8 Å². The Kier molecular flexibility index (Phi) is 5.59. The molecule has 3 fully saturated rings. The van der Waals surface area contributed by atoms with Crippen molar-refractivity contribution in [3.63, 3.8) is 0 Å². The third kappa shape index (κ3) is 3.52. The minimum absolute atomic E-state index is 0.0319. The number of para-hydroxylation sites is 1.